The highest BCUT2D eigenvalue weighted by molar-refractivity contribution is 6.35. The number of rotatable bonds is 4. The number of aromatic nitrogens is 1. The number of aromatic hydroxyl groups is 1. The summed E-state index contributed by atoms with van der Waals surface area (Å²) < 4.78 is 6.13. The van der Waals surface area contributed by atoms with Gasteiger partial charge in [0, 0.05) is 5.56 Å². The third kappa shape index (κ3) is 2.89. The number of benzene rings is 1. The molecule has 0 saturated heterocycles. The quantitative estimate of drug-likeness (QED) is 0.713. The molecule has 1 N–H and O–H groups in total. The molecule has 26 heavy (non-hydrogen) atoms. The molecule has 0 aliphatic carbocycles. The van der Waals surface area contributed by atoms with Crippen LogP contribution in [-0.4, -0.2) is 15.5 Å². The van der Waals surface area contributed by atoms with Crippen molar-refractivity contribution in [3.05, 3.63) is 86.1 Å². The minimum atomic E-state index is -0.699. The van der Waals surface area contributed by atoms with Crippen LogP contribution < -0.4 is 5.56 Å². The number of carbonyl (C=O) groups is 1. The maximum Gasteiger partial charge on any atom is 0.271 e. The molecule has 0 amide bonds. The van der Waals surface area contributed by atoms with Gasteiger partial charge in [-0.1, -0.05) is 23.7 Å². The first-order chi connectivity index (χ1) is 12.5. The van der Waals surface area contributed by atoms with E-state index in [1.165, 1.54) is 19.3 Å². The highest BCUT2D eigenvalue weighted by atomic mass is 35.5. The summed E-state index contributed by atoms with van der Waals surface area (Å²) in [5.74, 6) is -0.714. The highest BCUT2D eigenvalue weighted by Gasteiger charge is 2.26. The third-order valence-electron chi connectivity index (χ3n) is 4.04. The van der Waals surface area contributed by atoms with Crippen LogP contribution in [0.1, 0.15) is 32.8 Å². The highest BCUT2D eigenvalue weighted by Crippen LogP contribution is 2.28. The Balaban J connectivity index is 2.25. The minimum absolute atomic E-state index is 0.107. The van der Waals surface area contributed by atoms with Gasteiger partial charge in [-0.2, -0.15) is 5.26 Å². The van der Waals surface area contributed by atoms with Gasteiger partial charge < -0.3 is 9.52 Å². The van der Waals surface area contributed by atoms with Crippen molar-refractivity contribution in [2.45, 2.75) is 13.5 Å². The lowest BCUT2D eigenvalue weighted by molar-refractivity contribution is 0.103. The topological polar surface area (TPSA) is 96.2 Å². The van der Waals surface area contributed by atoms with Crippen molar-refractivity contribution in [2.24, 2.45) is 0 Å². The first-order valence-electron chi connectivity index (χ1n) is 7.63. The molecule has 6 nitrogen and oxygen atoms in total. The molecule has 7 heteroatoms. The van der Waals surface area contributed by atoms with E-state index < -0.39 is 17.2 Å². The lowest BCUT2D eigenvalue weighted by Gasteiger charge is -2.15. The Labute approximate surface area is 153 Å². The van der Waals surface area contributed by atoms with Crippen molar-refractivity contribution in [3.8, 4) is 11.9 Å². The average Bonchev–Trinajstić information content (AvgIpc) is 3.12. The Hall–Kier alpha value is -3.30. The van der Waals surface area contributed by atoms with Crippen LogP contribution in [0.2, 0.25) is 5.02 Å². The van der Waals surface area contributed by atoms with E-state index in [1.54, 1.807) is 30.3 Å². The summed E-state index contributed by atoms with van der Waals surface area (Å²) in [5.41, 5.74) is -0.782. The standard InChI is InChI=1S/C19H13ClN2O4/c1-11-14(9-21)18(24)22(10-12-5-4-8-26-12)19(25)16(11)17(23)13-6-2-3-7-15(13)20/h2-8,25H,10H2,1H3. The SMILES string of the molecule is Cc1c(C(=O)c2ccccc2Cl)c(O)n(Cc2ccco2)c(=O)c1C#N. The second kappa shape index (κ2) is 6.90. The fraction of sp³-hybridized carbons (Fsp3) is 0.105. The minimum Gasteiger partial charge on any atom is -0.494 e. The van der Waals surface area contributed by atoms with Crippen LogP contribution >= 0.6 is 11.6 Å². The number of carbonyl (C=O) groups excluding carboxylic acids is 1. The van der Waals surface area contributed by atoms with E-state index in [4.69, 9.17) is 16.0 Å². The van der Waals surface area contributed by atoms with Gasteiger partial charge in [-0.3, -0.25) is 14.2 Å². The van der Waals surface area contributed by atoms with Gasteiger partial charge in [0.25, 0.3) is 5.56 Å². The molecule has 0 radical (unpaired) electrons. The molecule has 2 aromatic heterocycles. The van der Waals surface area contributed by atoms with E-state index in [9.17, 15) is 20.0 Å². The molecule has 2 heterocycles. The van der Waals surface area contributed by atoms with E-state index in [0.717, 1.165) is 4.57 Å². The average molecular weight is 369 g/mol. The zero-order valence-corrected chi connectivity index (χ0v) is 14.4. The maximum atomic E-state index is 13.0. The van der Waals surface area contributed by atoms with Crippen LogP contribution in [0.25, 0.3) is 0 Å². The number of hydrogen-bond donors (Lipinski definition) is 1. The Morgan fingerprint density at radius 3 is 2.65 bits per heavy atom. The molecule has 0 atom stereocenters. The van der Waals surface area contributed by atoms with Gasteiger partial charge in [-0.15, -0.1) is 0 Å². The normalized spacial score (nSPS) is 10.5. The van der Waals surface area contributed by atoms with E-state index in [0.29, 0.717) is 5.76 Å². The van der Waals surface area contributed by atoms with Crippen LogP contribution in [0.4, 0.5) is 0 Å². The number of nitrogens with zero attached hydrogens (tertiary/aromatic N) is 2. The Bertz CT molecular complexity index is 1090. The number of furan rings is 1. The smallest absolute Gasteiger partial charge is 0.271 e. The second-order valence-electron chi connectivity index (χ2n) is 5.59. The summed E-state index contributed by atoms with van der Waals surface area (Å²) in [6.07, 6.45) is 1.42. The largest absolute Gasteiger partial charge is 0.494 e. The number of ketones is 1. The van der Waals surface area contributed by atoms with Gasteiger partial charge in [-0.05, 0) is 36.8 Å². The number of nitriles is 1. The Morgan fingerprint density at radius 1 is 1.31 bits per heavy atom. The van der Waals surface area contributed by atoms with Crippen molar-refractivity contribution in [2.75, 3.05) is 0 Å². The van der Waals surface area contributed by atoms with E-state index >= 15 is 0 Å². The van der Waals surface area contributed by atoms with Crippen LogP contribution in [0.5, 0.6) is 5.88 Å². The summed E-state index contributed by atoms with van der Waals surface area (Å²) in [6, 6.07) is 11.4. The number of pyridine rings is 1. The fourth-order valence-corrected chi connectivity index (χ4v) is 2.93. The zero-order valence-electron chi connectivity index (χ0n) is 13.7. The molecule has 3 rings (SSSR count). The van der Waals surface area contributed by atoms with E-state index in [-0.39, 0.29) is 33.8 Å². The second-order valence-corrected chi connectivity index (χ2v) is 6.00. The zero-order chi connectivity index (χ0) is 18.8. The lowest BCUT2D eigenvalue weighted by Crippen LogP contribution is -2.27. The number of halogens is 1. The van der Waals surface area contributed by atoms with E-state index in [1.807, 2.05) is 6.07 Å². The summed E-state index contributed by atoms with van der Waals surface area (Å²) in [7, 11) is 0. The van der Waals surface area contributed by atoms with Crippen molar-refractivity contribution in [1.29, 1.82) is 5.26 Å². The molecule has 0 bridgehead atoms. The van der Waals surface area contributed by atoms with Crippen molar-refractivity contribution in [3.63, 3.8) is 0 Å². The van der Waals surface area contributed by atoms with Gasteiger partial charge in [0.15, 0.2) is 5.78 Å². The van der Waals surface area contributed by atoms with Crippen LogP contribution in [-0.2, 0) is 6.54 Å². The van der Waals surface area contributed by atoms with Crippen molar-refractivity contribution >= 4 is 17.4 Å². The maximum absolute atomic E-state index is 13.0. The van der Waals surface area contributed by atoms with Gasteiger partial charge in [-0.25, -0.2) is 0 Å². The first-order valence-corrected chi connectivity index (χ1v) is 8.01. The van der Waals surface area contributed by atoms with Crippen molar-refractivity contribution in [1.82, 2.24) is 4.57 Å². The fourth-order valence-electron chi connectivity index (χ4n) is 2.71. The molecule has 0 fully saturated rings. The van der Waals surface area contributed by atoms with Gasteiger partial charge >= 0.3 is 0 Å². The summed E-state index contributed by atoms with van der Waals surface area (Å²) in [6.45, 7) is 1.33. The van der Waals surface area contributed by atoms with Crippen LogP contribution in [0.15, 0.2) is 51.9 Å². The summed E-state index contributed by atoms with van der Waals surface area (Å²) >= 11 is 6.08. The lowest BCUT2D eigenvalue weighted by atomic mass is 9.97. The molecular formula is C19H13ClN2O4. The summed E-state index contributed by atoms with van der Waals surface area (Å²) in [5, 5.41) is 20.2. The van der Waals surface area contributed by atoms with Gasteiger partial charge in [0.05, 0.1) is 23.4 Å². The van der Waals surface area contributed by atoms with Crippen molar-refractivity contribution < 1.29 is 14.3 Å². The van der Waals surface area contributed by atoms with Crippen LogP contribution in [0.3, 0.4) is 0 Å². The Morgan fingerprint density at radius 2 is 2.04 bits per heavy atom. The molecule has 0 aliphatic heterocycles. The Kier molecular flexibility index (Phi) is 4.65. The molecule has 0 saturated carbocycles. The molecule has 130 valence electrons. The monoisotopic (exact) mass is 368 g/mol. The van der Waals surface area contributed by atoms with Crippen LogP contribution in [0, 0.1) is 18.3 Å². The van der Waals surface area contributed by atoms with Gasteiger partial charge in [0.2, 0.25) is 5.88 Å². The molecule has 0 spiro atoms. The third-order valence-corrected chi connectivity index (χ3v) is 4.37. The van der Waals surface area contributed by atoms with Gasteiger partial charge in [0.1, 0.15) is 17.4 Å². The van der Waals surface area contributed by atoms with E-state index in [2.05, 4.69) is 0 Å². The predicted octanol–water partition coefficient (Wildman–Crippen LogP) is 3.26. The molecule has 0 unspecified atom stereocenters. The molecule has 3 aromatic rings. The molecular weight excluding hydrogens is 356 g/mol. The molecule has 0 aliphatic rings. The number of hydrogen-bond acceptors (Lipinski definition) is 5. The molecule has 1 aromatic carbocycles. The summed E-state index contributed by atoms with van der Waals surface area (Å²) in [4.78, 5) is 25.5. The first kappa shape index (κ1) is 17.5. The predicted molar refractivity (Wildman–Crippen MR) is 94.5 cm³/mol.